The highest BCUT2D eigenvalue weighted by molar-refractivity contribution is 5.87. The van der Waals surface area contributed by atoms with Crippen LogP contribution in [-0.2, 0) is 24.0 Å². The van der Waals surface area contributed by atoms with Crippen molar-refractivity contribution in [3.05, 3.63) is 60.7 Å². The van der Waals surface area contributed by atoms with Crippen molar-refractivity contribution in [2.24, 2.45) is 0 Å². The zero-order valence-electron chi connectivity index (χ0n) is 13.3. The third-order valence-corrected chi connectivity index (χ3v) is 2.40. The Hall–Kier alpha value is -4.28. The minimum Gasteiger partial charge on any atom is -0.327 e. The lowest BCUT2D eigenvalue weighted by atomic mass is 10.3. The molecule has 0 saturated heterocycles. The molecule has 0 N–H and O–H groups in total. The van der Waals surface area contributed by atoms with Crippen LogP contribution in [0.15, 0.2) is 60.7 Å². The molecule has 11 nitrogen and oxygen atoms in total. The molecule has 2 aromatic rings. The van der Waals surface area contributed by atoms with Gasteiger partial charge in [0.2, 0.25) is 0 Å². The molecule has 0 amide bonds. The first-order valence-electron chi connectivity index (χ1n) is 7.01. The van der Waals surface area contributed by atoms with E-state index in [0.717, 1.165) is 0 Å². The van der Waals surface area contributed by atoms with E-state index in [1.54, 1.807) is 36.4 Å². The van der Waals surface area contributed by atoms with E-state index >= 15 is 0 Å². The molecule has 0 spiro atoms. The Morgan fingerprint density at radius 1 is 0.481 bits per heavy atom. The van der Waals surface area contributed by atoms with E-state index in [1.165, 1.54) is 24.3 Å². The second-order valence-corrected chi connectivity index (χ2v) is 4.27. The average Bonchev–Trinajstić information content (AvgIpc) is 2.66. The summed E-state index contributed by atoms with van der Waals surface area (Å²) in [6.07, 6.45) is -6.94. The third kappa shape index (κ3) is 7.43. The number of ether oxygens (including phenoxy) is 3. The lowest BCUT2D eigenvalue weighted by Gasteiger charge is -2.05. The fourth-order valence-corrected chi connectivity index (χ4v) is 1.40. The lowest BCUT2D eigenvalue weighted by molar-refractivity contribution is -0.166. The van der Waals surface area contributed by atoms with Crippen LogP contribution < -0.4 is 9.78 Å². The summed E-state index contributed by atoms with van der Waals surface area (Å²) in [5.74, 6) is 0.284. The number of carbonyl (C=O) groups excluding carboxylic acids is 4. The summed E-state index contributed by atoms with van der Waals surface area (Å²) < 4.78 is 11.7. The number of hydrogen-bond donors (Lipinski definition) is 0. The highest BCUT2D eigenvalue weighted by Crippen LogP contribution is 2.10. The van der Waals surface area contributed by atoms with Gasteiger partial charge in [0.25, 0.3) is 0 Å². The Balaban J connectivity index is 1.64. The van der Waals surface area contributed by atoms with Crippen molar-refractivity contribution in [1.82, 2.24) is 0 Å². The fraction of sp³-hybridized carbons (Fsp3) is 0. The largest absolute Gasteiger partial charge is 0.560 e. The van der Waals surface area contributed by atoms with Crippen LogP contribution in [0.1, 0.15) is 0 Å². The number of carbonyl (C=O) groups is 4. The quantitative estimate of drug-likeness (QED) is 0.335. The molecule has 11 heteroatoms. The Morgan fingerprint density at radius 3 is 1.19 bits per heavy atom. The molecular weight excluding hydrogens is 368 g/mol. The van der Waals surface area contributed by atoms with Gasteiger partial charge in [-0.25, -0.2) is 19.4 Å². The van der Waals surface area contributed by atoms with Crippen molar-refractivity contribution < 1.29 is 52.9 Å². The van der Waals surface area contributed by atoms with E-state index in [-0.39, 0.29) is 11.5 Å². The van der Waals surface area contributed by atoms with Gasteiger partial charge in [-0.2, -0.15) is 9.59 Å². The molecule has 0 radical (unpaired) electrons. The first kappa shape index (κ1) is 19.1. The summed E-state index contributed by atoms with van der Waals surface area (Å²) in [5, 5.41) is 0. The Kier molecular flexibility index (Phi) is 6.97. The van der Waals surface area contributed by atoms with Crippen LogP contribution in [0.25, 0.3) is 0 Å². The molecule has 0 aliphatic heterocycles. The molecule has 0 aliphatic rings. The molecule has 140 valence electrons. The first-order valence-corrected chi connectivity index (χ1v) is 7.01. The predicted octanol–water partition coefficient (Wildman–Crippen LogP) is 3.54. The van der Waals surface area contributed by atoms with Crippen molar-refractivity contribution in [2.45, 2.75) is 0 Å². The minimum atomic E-state index is -1.83. The molecule has 2 rings (SSSR count). The molecule has 27 heavy (non-hydrogen) atoms. The summed E-state index contributed by atoms with van der Waals surface area (Å²) >= 11 is 0. The van der Waals surface area contributed by atoms with E-state index in [9.17, 15) is 19.2 Å². The Morgan fingerprint density at radius 2 is 0.815 bits per heavy atom. The van der Waals surface area contributed by atoms with Crippen LogP contribution in [0.2, 0.25) is 0 Å². The van der Waals surface area contributed by atoms with Crippen molar-refractivity contribution >= 4 is 24.6 Å². The number of para-hydroxylation sites is 2. The molecule has 0 bridgehead atoms. The molecule has 0 atom stereocenters. The average molecular weight is 378 g/mol. The van der Waals surface area contributed by atoms with Crippen LogP contribution >= 0.6 is 0 Å². The Labute approximate surface area is 150 Å². The highest BCUT2D eigenvalue weighted by atomic mass is 17.2. The van der Waals surface area contributed by atoms with Gasteiger partial charge in [-0.05, 0) is 24.3 Å². The third-order valence-electron chi connectivity index (χ3n) is 2.40. The van der Waals surface area contributed by atoms with E-state index < -0.39 is 24.6 Å². The molecule has 0 saturated carbocycles. The second kappa shape index (κ2) is 9.88. The fourth-order valence-electron chi connectivity index (χ4n) is 1.40. The number of hydrogen-bond acceptors (Lipinski definition) is 11. The maximum Gasteiger partial charge on any atom is 0.560 e. The van der Waals surface area contributed by atoms with Crippen molar-refractivity contribution in [1.29, 1.82) is 0 Å². The van der Waals surface area contributed by atoms with Crippen LogP contribution in [0.3, 0.4) is 0 Å². The topological polar surface area (TPSA) is 133 Å². The zero-order chi connectivity index (χ0) is 19.5. The summed E-state index contributed by atoms with van der Waals surface area (Å²) in [7, 11) is 0. The van der Waals surface area contributed by atoms with Crippen molar-refractivity contribution in [3.63, 3.8) is 0 Å². The summed E-state index contributed by atoms with van der Waals surface area (Å²) in [6.45, 7) is 0. The molecule has 0 aliphatic carbocycles. The van der Waals surface area contributed by atoms with Gasteiger partial charge in [-0.3, -0.25) is 9.78 Å². The van der Waals surface area contributed by atoms with Gasteiger partial charge in [0, 0.05) is 0 Å². The Bertz CT molecular complexity index is 721. The van der Waals surface area contributed by atoms with Crippen LogP contribution in [-0.4, -0.2) is 24.6 Å². The van der Waals surface area contributed by atoms with Gasteiger partial charge >= 0.3 is 24.6 Å². The van der Waals surface area contributed by atoms with Gasteiger partial charge in [0.1, 0.15) is 0 Å². The van der Waals surface area contributed by atoms with Crippen LogP contribution in [0, 0.1) is 0 Å². The molecule has 0 unspecified atom stereocenters. The van der Waals surface area contributed by atoms with E-state index in [1.807, 2.05) is 0 Å². The van der Waals surface area contributed by atoms with Gasteiger partial charge in [0.05, 0.1) is 0 Å². The standard InChI is InChI=1S/C16H10O11/c17-13(22-15(19)26-24-11-7-3-1-4-8-11)21-14(18)23-16(20)27-25-12-9-5-2-6-10-12/h1-10H. The minimum absolute atomic E-state index is 0.142. The van der Waals surface area contributed by atoms with E-state index in [2.05, 4.69) is 33.8 Å². The molecule has 2 aromatic carbocycles. The van der Waals surface area contributed by atoms with Crippen molar-refractivity contribution in [2.75, 3.05) is 0 Å². The SMILES string of the molecule is O=C(OOc1ccccc1)OC(=O)OC(=O)OC(=O)OOc1ccccc1. The van der Waals surface area contributed by atoms with E-state index in [4.69, 9.17) is 0 Å². The predicted molar refractivity (Wildman–Crippen MR) is 81.1 cm³/mol. The molecule has 0 aromatic heterocycles. The van der Waals surface area contributed by atoms with Crippen LogP contribution in [0.4, 0.5) is 19.2 Å². The second-order valence-electron chi connectivity index (χ2n) is 4.27. The number of rotatable bonds is 4. The lowest BCUT2D eigenvalue weighted by Crippen LogP contribution is -2.22. The summed E-state index contributed by atoms with van der Waals surface area (Å²) in [5.41, 5.74) is 0. The smallest absolute Gasteiger partial charge is 0.327 e. The molecular formula is C16H10O11. The van der Waals surface area contributed by atoms with Crippen LogP contribution in [0.5, 0.6) is 11.5 Å². The van der Waals surface area contributed by atoms with Gasteiger partial charge in [-0.15, -0.1) is 0 Å². The maximum absolute atomic E-state index is 11.2. The summed E-state index contributed by atoms with van der Waals surface area (Å²) in [4.78, 5) is 61.9. The van der Waals surface area contributed by atoms with Gasteiger partial charge in [0.15, 0.2) is 11.5 Å². The molecule has 0 heterocycles. The normalized spacial score (nSPS) is 9.33. The zero-order valence-corrected chi connectivity index (χ0v) is 13.3. The van der Waals surface area contributed by atoms with E-state index in [0.29, 0.717) is 0 Å². The monoisotopic (exact) mass is 378 g/mol. The van der Waals surface area contributed by atoms with Gasteiger partial charge < -0.3 is 14.2 Å². The highest BCUT2D eigenvalue weighted by Gasteiger charge is 2.23. The van der Waals surface area contributed by atoms with Crippen molar-refractivity contribution in [3.8, 4) is 11.5 Å². The first-order chi connectivity index (χ1) is 13.0. The maximum atomic E-state index is 11.2. The van der Waals surface area contributed by atoms with Gasteiger partial charge in [-0.1, -0.05) is 36.4 Å². The number of benzene rings is 2. The molecule has 0 fully saturated rings. The summed E-state index contributed by atoms with van der Waals surface area (Å²) in [6, 6.07) is 15.5.